The van der Waals surface area contributed by atoms with Gasteiger partial charge in [-0.15, -0.1) is 0 Å². The Hall–Kier alpha value is -1.63. The number of hydrogen-bond acceptors (Lipinski definition) is 4. The van der Waals surface area contributed by atoms with Crippen molar-refractivity contribution in [1.29, 1.82) is 0 Å². The molecule has 0 atom stereocenters. The van der Waals surface area contributed by atoms with E-state index in [1.807, 2.05) is 25.6 Å². The van der Waals surface area contributed by atoms with Crippen molar-refractivity contribution >= 4 is 21.7 Å². The first-order valence-corrected chi connectivity index (χ1v) is 6.26. The highest BCUT2D eigenvalue weighted by Gasteiger charge is 2.10. The predicted molar refractivity (Wildman–Crippen MR) is 72.6 cm³/mol. The molecule has 0 aliphatic rings. The minimum absolute atomic E-state index is 0.202. The molecule has 6 nitrogen and oxygen atoms in total. The van der Waals surface area contributed by atoms with Gasteiger partial charge in [0.1, 0.15) is 10.3 Å². The fraction of sp³-hybridized carbons (Fsp3) is 0.364. The SMILES string of the molecule is Cc1nn(C)c(C)c1CNc1nc[nH]c(=O)c1Br. The molecule has 0 radical (unpaired) electrons. The minimum Gasteiger partial charge on any atom is -0.365 e. The zero-order chi connectivity index (χ0) is 13.3. The summed E-state index contributed by atoms with van der Waals surface area (Å²) in [6, 6.07) is 0. The summed E-state index contributed by atoms with van der Waals surface area (Å²) < 4.78 is 2.25. The lowest BCUT2D eigenvalue weighted by atomic mass is 10.2. The number of rotatable bonds is 3. The Labute approximate surface area is 113 Å². The Kier molecular flexibility index (Phi) is 3.51. The fourth-order valence-corrected chi connectivity index (χ4v) is 2.11. The average Bonchev–Trinajstić information content (AvgIpc) is 2.56. The van der Waals surface area contributed by atoms with E-state index in [-0.39, 0.29) is 5.56 Å². The van der Waals surface area contributed by atoms with Crippen LogP contribution in [0.5, 0.6) is 0 Å². The van der Waals surface area contributed by atoms with Gasteiger partial charge in [0.25, 0.3) is 5.56 Å². The number of nitrogens with one attached hydrogen (secondary N) is 2. The van der Waals surface area contributed by atoms with Gasteiger partial charge in [0.2, 0.25) is 0 Å². The minimum atomic E-state index is -0.202. The Morgan fingerprint density at radius 2 is 2.22 bits per heavy atom. The number of nitrogens with zero attached hydrogens (tertiary/aromatic N) is 3. The topological polar surface area (TPSA) is 75.6 Å². The Balaban J connectivity index is 2.22. The Morgan fingerprint density at radius 1 is 1.50 bits per heavy atom. The van der Waals surface area contributed by atoms with Crippen LogP contribution in [0.15, 0.2) is 15.6 Å². The molecule has 0 amide bonds. The highest BCUT2D eigenvalue weighted by molar-refractivity contribution is 9.10. The highest BCUT2D eigenvalue weighted by Crippen LogP contribution is 2.17. The van der Waals surface area contributed by atoms with E-state index in [0.717, 1.165) is 17.0 Å². The average molecular weight is 312 g/mol. The summed E-state index contributed by atoms with van der Waals surface area (Å²) in [5.74, 6) is 0.529. The standard InChI is InChI=1S/C11H14BrN5O/c1-6-8(7(2)17(3)16-6)4-13-10-9(12)11(18)15-5-14-10/h5H,4H2,1-3H3,(H2,13,14,15,18). The monoisotopic (exact) mass is 311 g/mol. The van der Waals surface area contributed by atoms with E-state index in [1.54, 1.807) is 0 Å². The van der Waals surface area contributed by atoms with E-state index in [4.69, 9.17) is 0 Å². The summed E-state index contributed by atoms with van der Waals surface area (Å²) in [5, 5.41) is 7.47. The summed E-state index contributed by atoms with van der Waals surface area (Å²) in [5.41, 5.74) is 2.99. The third kappa shape index (κ3) is 2.31. The molecule has 96 valence electrons. The van der Waals surface area contributed by atoms with Crippen molar-refractivity contribution in [3.05, 3.63) is 38.1 Å². The van der Waals surface area contributed by atoms with Gasteiger partial charge >= 0.3 is 0 Å². The second-order valence-corrected chi connectivity index (χ2v) is 4.81. The van der Waals surface area contributed by atoms with Gasteiger partial charge in [0.05, 0.1) is 12.0 Å². The van der Waals surface area contributed by atoms with Gasteiger partial charge in [-0.2, -0.15) is 5.10 Å². The summed E-state index contributed by atoms with van der Waals surface area (Å²) in [7, 11) is 1.91. The molecular weight excluding hydrogens is 298 g/mol. The van der Waals surface area contributed by atoms with Gasteiger partial charge in [-0.1, -0.05) is 0 Å². The van der Waals surface area contributed by atoms with Crippen molar-refractivity contribution in [2.45, 2.75) is 20.4 Å². The van der Waals surface area contributed by atoms with Crippen molar-refractivity contribution in [1.82, 2.24) is 19.7 Å². The van der Waals surface area contributed by atoms with Crippen LogP contribution < -0.4 is 10.9 Å². The van der Waals surface area contributed by atoms with Gasteiger partial charge < -0.3 is 10.3 Å². The molecule has 0 bridgehead atoms. The van der Waals surface area contributed by atoms with E-state index in [2.05, 4.69) is 36.3 Å². The maximum Gasteiger partial charge on any atom is 0.267 e. The molecule has 2 aromatic heterocycles. The Morgan fingerprint density at radius 3 is 2.83 bits per heavy atom. The van der Waals surface area contributed by atoms with E-state index in [0.29, 0.717) is 16.8 Å². The molecular formula is C11H14BrN5O. The summed E-state index contributed by atoms with van der Waals surface area (Å²) in [6.07, 6.45) is 1.37. The normalized spacial score (nSPS) is 10.7. The molecule has 0 saturated carbocycles. The molecule has 0 fully saturated rings. The van der Waals surface area contributed by atoms with Crippen molar-refractivity contribution in [2.24, 2.45) is 7.05 Å². The smallest absolute Gasteiger partial charge is 0.267 e. The second-order valence-electron chi connectivity index (χ2n) is 4.02. The van der Waals surface area contributed by atoms with Crippen molar-refractivity contribution in [2.75, 3.05) is 5.32 Å². The summed E-state index contributed by atoms with van der Waals surface area (Å²) in [6.45, 7) is 4.56. The summed E-state index contributed by atoms with van der Waals surface area (Å²) in [4.78, 5) is 18.0. The lowest BCUT2D eigenvalue weighted by Crippen LogP contribution is -2.12. The largest absolute Gasteiger partial charge is 0.365 e. The molecule has 0 spiro atoms. The van der Waals surface area contributed by atoms with Crippen LogP contribution in [0.25, 0.3) is 0 Å². The van der Waals surface area contributed by atoms with Gasteiger partial charge in [-0.25, -0.2) is 4.98 Å². The maximum atomic E-state index is 11.4. The first-order chi connectivity index (χ1) is 8.50. The fourth-order valence-electron chi connectivity index (χ4n) is 1.75. The molecule has 2 aromatic rings. The molecule has 7 heteroatoms. The maximum absolute atomic E-state index is 11.4. The van der Waals surface area contributed by atoms with Gasteiger partial charge in [0.15, 0.2) is 0 Å². The predicted octanol–water partition coefficient (Wildman–Crippen LogP) is 1.49. The number of halogens is 1. The summed E-state index contributed by atoms with van der Waals surface area (Å²) >= 11 is 3.21. The van der Waals surface area contributed by atoms with E-state index in [1.165, 1.54) is 6.33 Å². The quantitative estimate of drug-likeness (QED) is 0.900. The molecule has 2 rings (SSSR count). The molecule has 0 aromatic carbocycles. The number of aromatic amines is 1. The van der Waals surface area contributed by atoms with Crippen LogP contribution in [0, 0.1) is 13.8 Å². The molecule has 2 N–H and O–H groups in total. The third-order valence-electron chi connectivity index (χ3n) is 2.89. The van der Waals surface area contributed by atoms with E-state index < -0.39 is 0 Å². The number of aromatic nitrogens is 4. The lowest BCUT2D eigenvalue weighted by molar-refractivity contribution is 0.730. The number of aryl methyl sites for hydroxylation is 2. The number of hydrogen-bond donors (Lipinski definition) is 2. The number of anilines is 1. The van der Waals surface area contributed by atoms with Crippen LogP contribution >= 0.6 is 15.9 Å². The molecule has 18 heavy (non-hydrogen) atoms. The third-order valence-corrected chi connectivity index (χ3v) is 3.62. The highest BCUT2D eigenvalue weighted by atomic mass is 79.9. The van der Waals surface area contributed by atoms with Crippen molar-refractivity contribution in [3.8, 4) is 0 Å². The zero-order valence-corrected chi connectivity index (χ0v) is 12.0. The number of H-pyrrole nitrogens is 1. The first-order valence-electron chi connectivity index (χ1n) is 5.47. The second kappa shape index (κ2) is 4.93. The lowest BCUT2D eigenvalue weighted by Gasteiger charge is -2.07. The van der Waals surface area contributed by atoms with Crippen LogP contribution in [0.1, 0.15) is 17.0 Å². The van der Waals surface area contributed by atoms with E-state index in [9.17, 15) is 4.79 Å². The van der Waals surface area contributed by atoms with Gasteiger partial charge in [-0.05, 0) is 29.8 Å². The molecule has 2 heterocycles. The van der Waals surface area contributed by atoms with Crippen molar-refractivity contribution < 1.29 is 0 Å². The van der Waals surface area contributed by atoms with Crippen LogP contribution in [0.2, 0.25) is 0 Å². The van der Waals surface area contributed by atoms with Gasteiger partial charge in [0, 0.05) is 24.8 Å². The van der Waals surface area contributed by atoms with Crippen LogP contribution in [0.4, 0.5) is 5.82 Å². The molecule has 0 aliphatic carbocycles. The Bertz CT molecular complexity index is 631. The van der Waals surface area contributed by atoms with Crippen molar-refractivity contribution in [3.63, 3.8) is 0 Å². The zero-order valence-electron chi connectivity index (χ0n) is 10.4. The van der Waals surface area contributed by atoms with Gasteiger partial charge in [-0.3, -0.25) is 9.48 Å². The van der Waals surface area contributed by atoms with Crippen LogP contribution in [0.3, 0.4) is 0 Å². The van der Waals surface area contributed by atoms with E-state index >= 15 is 0 Å². The first kappa shape index (κ1) is 12.8. The van der Waals surface area contributed by atoms with Crippen LogP contribution in [-0.2, 0) is 13.6 Å². The molecule has 0 saturated heterocycles. The van der Waals surface area contributed by atoms with Crippen LogP contribution in [-0.4, -0.2) is 19.7 Å². The molecule has 0 unspecified atom stereocenters. The molecule has 0 aliphatic heterocycles.